The first kappa shape index (κ1) is 21.7. The molecule has 6 heteroatoms. The van der Waals surface area contributed by atoms with E-state index < -0.39 is 0 Å². The zero-order valence-electron chi connectivity index (χ0n) is 17.3. The summed E-state index contributed by atoms with van der Waals surface area (Å²) in [4.78, 5) is 27.4. The van der Waals surface area contributed by atoms with Gasteiger partial charge in [0.1, 0.15) is 5.75 Å². The van der Waals surface area contributed by atoms with Gasteiger partial charge in [0.05, 0.1) is 25.3 Å². The zero-order chi connectivity index (χ0) is 21.7. The van der Waals surface area contributed by atoms with Crippen molar-refractivity contribution in [3.8, 4) is 5.75 Å². The average molecular weight is 425 g/mol. The van der Waals surface area contributed by atoms with Crippen molar-refractivity contribution in [3.63, 3.8) is 0 Å². The van der Waals surface area contributed by atoms with E-state index in [0.717, 1.165) is 16.9 Å². The van der Waals surface area contributed by atoms with Crippen LogP contribution in [0.25, 0.3) is 0 Å². The Morgan fingerprint density at radius 3 is 2.60 bits per heavy atom. The number of carbonyl (C=O) groups excluding carboxylic acids is 1. The van der Waals surface area contributed by atoms with Crippen molar-refractivity contribution in [2.75, 3.05) is 13.7 Å². The Bertz CT molecular complexity index is 1090. The third-order valence-corrected chi connectivity index (χ3v) is 5.54. The van der Waals surface area contributed by atoms with Crippen LogP contribution in [0.15, 0.2) is 71.7 Å². The Balaban J connectivity index is 1.89. The highest BCUT2D eigenvalue weighted by Crippen LogP contribution is 2.25. The normalized spacial score (nSPS) is 11.7. The van der Waals surface area contributed by atoms with E-state index in [2.05, 4.69) is 0 Å². The highest BCUT2D eigenvalue weighted by molar-refractivity contribution is 6.31. The molecule has 1 aromatic heterocycles. The number of benzene rings is 2. The fraction of sp³-hybridized carbons (Fsp3) is 0.250. The molecular weight excluding hydrogens is 400 g/mol. The standard InChI is InChI=1S/C24H25ClN2O3/c1-4-27(17(2)18-9-7-10-21(14-18)30-3)24(29)20-12-13-23(28)26(16-20)15-19-8-5-6-11-22(19)25/h5-14,16-17H,4,15H2,1-3H3. The van der Waals surface area contributed by atoms with Crippen LogP contribution in [0.2, 0.25) is 5.02 Å². The molecule has 3 aromatic rings. The summed E-state index contributed by atoms with van der Waals surface area (Å²) in [7, 11) is 1.62. The second-order valence-electron chi connectivity index (χ2n) is 7.02. The number of hydrogen-bond donors (Lipinski definition) is 0. The third-order valence-electron chi connectivity index (χ3n) is 5.17. The number of ether oxygens (including phenoxy) is 1. The van der Waals surface area contributed by atoms with Crippen molar-refractivity contribution in [2.24, 2.45) is 0 Å². The topological polar surface area (TPSA) is 51.5 Å². The fourth-order valence-electron chi connectivity index (χ4n) is 3.43. The lowest BCUT2D eigenvalue weighted by Crippen LogP contribution is -2.34. The van der Waals surface area contributed by atoms with Gasteiger partial charge in [0.25, 0.3) is 11.5 Å². The molecule has 0 fully saturated rings. The van der Waals surface area contributed by atoms with Gasteiger partial charge in [-0.25, -0.2) is 0 Å². The van der Waals surface area contributed by atoms with E-state index in [4.69, 9.17) is 16.3 Å². The summed E-state index contributed by atoms with van der Waals surface area (Å²) in [5.41, 5.74) is 2.07. The van der Waals surface area contributed by atoms with Crippen molar-refractivity contribution >= 4 is 17.5 Å². The number of amides is 1. The summed E-state index contributed by atoms with van der Waals surface area (Å²) in [5.74, 6) is 0.608. The fourth-order valence-corrected chi connectivity index (χ4v) is 3.63. The van der Waals surface area contributed by atoms with Gasteiger partial charge in [-0.3, -0.25) is 9.59 Å². The minimum Gasteiger partial charge on any atom is -0.497 e. The van der Waals surface area contributed by atoms with Gasteiger partial charge in [0.15, 0.2) is 0 Å². The lowest BCUT2D eigenvalue weighted by Gasteiger charge is -2.29. The van der Waals surface area contributed by atoms with Crippen LogP contribution in [0.4, 0.5) is 0 Å². The molecule has 156 valence electrons. The molecular formula is C24H25ClN2O3. The van der Waals surface area contributed by atoms with Crippen molar-refractivity contribution in [1.82, 2.24) is 9.47 Å². The van der Waals surface area contributed by atoms with E-state index >= 15 is 0 Å². The van der Waals surface area contributed by atoms with Gasteiger partial charge in [-0.15, -0.1) is 0 Å². The average Bonchev–Trinajstić information content (AvgIpc) is 2.77. The highest BCUT2D eigenvalue weighted by Gasteiger charge is 2.22. The summed E-state index contributed by atoms with van der Waals surface area (Å²) >= 11 is 6.24. The predicted octanol–water partition coefficient (Wildman–Crippen LogP) is 4.78. The molecule has 2 aromatic carbocycles. The van der Waals surface area contributed by atoms with Crippen molar-refractivity contribution in [1.29, 1.82) is 0 Å². The monoisotopic (exact) mass is 424 g/mol. The molecule has 0 spiro atoms. The van der Waals surface area contributed by atoms with Gasteiger partial charge < -0.3 is 14.2 Å². The quantitative estimate of drug-likeness (QED) is 0.548. The van der Waals surface area contributed by atoms with Crippen LogP contribution in [-0.4, -0.2) is 29.0 Å². The predicted molar refractivity (Wildman–Crippen MR) is 119 cm³/mol. The zero-order valence-corrected chi connectivity index (χ0v) is 18.1. The molecule has 1 atom stereocenters. The molecule has 0 aliphatic heterocycles. The lowest BCUT2D eigenvalue weighted by atomic mass is 10.1. The molecule has 0 radical (unpaired) electrons. The van der Waals surface area contributed by atoms with E-state index in [1.807, 2.05) is 56.3 Å². The summed E-state index contributed by atoms with van der Waals surface area (Å²) in [6.45, 7) is 4.75. The minimum atomic E-state index is -0.185. The van der Waals surface area contributed by atoms with Crippen molar-refractivity contribution in [2.45, 2.75) is 26.4 Å². The molecule has 5 nitrogen and oxygen atoms in total. The molecule has 0 saturated carbocycles. The van der Waals surface area contributed by atoms with E-state index in [1.165, 1.54) is 10.6 Å². The molecule has 0 aliphatic carbocycles. The van der Waals surface area contributed by atoms with Gasteiger partial charge >= 0.3 is 0 Å². The number of pyridine rings is 1. The number of methoxy groups -OCH3 is 1. The largest absolute Gasteiger partial charge is 0.497 e. The molecule has 1 heterocycles. The van der Waals surface area contributed by atoms with Gasteiger partial charge in [0.2, 0.25) is 0 Å². The Hall–Kier alpha value is -3.05. The smallest absolute Gasteiger partial charge is 0.255 e. The highest BCUT2D eigenvalue weighted by atomic mass is 35.5. The summed E-state index contributed by atoms with van der Waals surface area (Å²) < 4.78 is 6.82. The Kier molecular flexibility index (Phi) is 6.95. The maximum absolute atomic E-state index is 13.3. The molecule has 0 aliphatic rings. The molecule has 3 rings (SSSR count). The second-order valence-corrected chi connectivity index (χ2v) is 7.43. The first-order valence-corrected chi connectivity index (χ1v) is 10.2. The number of hydrogen-bond acceptors (Lipinski definition) is 3. The van der Waals surface area contributed by atoms with E-state index in [0.29, 0.717) is 23.7 Å². The maximum atomic E-state index is 13.3. The van der Waals surface area contributed by atoms with Gasteiger partial charge in [-0.1, -0.05) is 41.9 Å². The van der Waals surface area contributed by atoms with Crippen LogP contribution in [0.5, 0.6) is 5.75 Å². The van der Waals surface area contributed by atoms with Crippen LogP contribution in [0.3, 0.4) is 0 Å². The van der Waals surface area contributed by atoms with Gasteiger partial charge in [-0.2, -0.15) is 0 Å². The molecule has 0 bridgehead atoms. The molecule has 0 N–H and O–H groups in total. The first-order chi connectivity index (χ1) is 14.4. The number of carbonyl (C=O) groups is 1. The SMILES string of the molecule is CCN(C(=O)c1ccc(=O)n(Cc2ccccc2Cl)c1)C(C)c1cccc(OC)c1. The maximum Gasteiger partial charge on any atom is 0.255 e. The van der Waals surface area contributed by atoms with Gasteiger partial charge in [0, 0.05) is 23.8 Å². The van der Waals surface area contributed by atoms with Crippen LogP contribution in [-0.2, 0) is 6.54 Å². The summed E-state index contributed by atoms with van der Waals surface area (Å²) in [6.07, 6.45) is 1.61. The van der Waals surface area contributed by atoms with Crippen LogP contribution < -0.4 is 10.3 Å². The molecule has 1 unspecified atom stereocenters. The van der Waals surface area contributed by atoms with Crippen molar-refractivity contribution in [3.05, 3.63) is 98.9 Å². The number of rotatable bonds is 7. The molecule has 0 saturated heterocycles. The Morgan fingerprint density at radius 2 is 1.90 bits per heavy atom. The molecule has 1 amide bonds. The van der Waals surface area contributed by atoms with Gasteiger partial charge in [-0.05, 0) is 49.2 Å². The van der Waals surface area contributed by atoms with E-state index in [9.17, 15) is 9.59 Å². The number of nitrogens with zero attached hydrogens (tertiary/aromatic N) is 2. The van der Waals surface area contributed by atoms with Crippen molar-refractivity contribution < 1.29 is 9.53 Å². The first-order valence-electron chi connectivity index (χ1n) is 9.83. The van der Waals surface area contributed by atoms with Crippen LogP contribution in [0.1, 0.15) is 41.4 Å². The minimum absolute atomic E-state index is 0.138. The third kappa shape index (κ3) is 4.74. The van der Waals surface area contributed by atoms with Crippen LogP contribution in [0, 0.1) is 0 Å². The van der Waals surface area contributed by atoms with E-state index in [-0.39, 0.29) is 17.5 Å². The van der Waals surface area contributed by atoms with Crippen LogP contribution >= 0.6 is 11.6 Å². The van der Waals surface area contributed by atoms with E-state index in [1.54, 1.807) is 30.3 Å². The number of halogens is 1. The summed E-state index contributed by atoms with van der Waals surface area (Å²) in [5, 5.41) is 0.586. The molecule has 30 heavy (non-hydrogen) atoms. The Labute approximate surface area is 181 Å². The summed E-state index contributed by atoms with van der Waals surface area (Å²) in [6, 6.07) is 17.9. The number of aromatic nitrogens is 1. The Morgan fingerprint density at radius 1 is 1.13 bits per heavy atom. The lowest BCUT2D eigenvalue weighted by molar-refractivity contribution is 0.0701. The second kappa shape index (κ2) is 9.63.